The first-order chi connectivity index (χ1) is 18.2. The third kappa shape index (κ3) is 4.43. The minimum Gasteiger partial charge on any atom is -0.378 e. The molecule has 2 amide bonds. The molecule has 4 aromatic rings. The number of imide groups is 1. The fraction of sp³-hybridized carbons (Fsp3) is 0.192. The number of carbonyl (C=O) groups is 2. The highest BCUT2D eigenvalue weighted by Gasteiger charge is 2.35. The number of aryl methyl sites for hydroxylation is 1. The molecule has 0 radical (unpaired) electrons. The van der Waals surface area contributed by atoms with Crippen LogP contribution in [0.4, 0.5) is 5.69 Å². The number of hydrazone groups is 1. The number of nitrogens with two attached hydrogens (primary N) is 1. The summed E-state index contributed by atoms with van der Waals surface area (Å²) in [7, 11) is 3.88. The summed E-state index contributed by atoms with van der Waals surface area (Å²) in [4.78, 5) is 41.9. The van der Waals surface area contributed by atoms with Gasteiger partial charge in [0, 0.05) is 72.7 Å². The monoisotopic (exact) mass is 514 g/mol. The lowest BCUT2D eigenvalue weighted by Crippen LogP contribution is -2.33. The molecule has 194 valence electrons. The molecule has 38 heavy (non-hydrogen) atoms. The summed E-state index contributed by atoms with van der Waals surface area (Å²) in [6.45, 7) is 0.880. The van der Waals surface area contributed by atoms with Crippen LogP contribution in [0.1, 0.15) is 17.5 Å². The zero-order valence-corrected chi connectivity index (χ0v) is 20.8. The summed E-state index contributed by atoms with van der Waals surface area (Å²) in [6.07, 6.45) is 4.20. The number of H-pyrrole nitrogens is 1. The van der Waals surface area contributed by atoms with Gasteiger partial charge < -0.3 is 25.5 Å². The van der Waals surface area contributed by atoms with Gasteiger partial charge in [-0.15, -0.1) is 0 Å². The molecule has 0 bridgehead atoms. The summed E-state index contributed by atoms with van der Waals surface area (Å²) in [6, 6.07) is 13.6. The van der Waals surface area contributed by atoms with E-state index in [-0.39, 0.29) is 5.96 Å². The van der Waals surface area contributed by atoms with Crippen LogP contribution in [0.15, 0.2) is 60.0 Å². The molecule has 12 nitrogen and oxygen atoms in total. The molecular weight excluding hydrogens is 488 g/mol. The van der Waals surface area contributed by atoms with E-state index < -0.39 is 16.8 Å². The van der Waals surface area contributed by atoms with Crippen LogP contribution in [-0.4, -0.2) is 53.0 Å². The zero-order chi connectivity index (χ0) is 27.0. The van der Waals surface area contributed by atoms with Crippen molar-refractivity contribution >= 4 is 56.4 Å². The standard InChI is InChI=1S/C26H26N8O4/c1-32(2)15-8-9-17-19(14-33(21(17)12-15)11-5-10-28-26(27)31-34(37)38)23-22(24(35)30-25(23)36)18-13-29-20-7-4-3-6-16(18)20/h3-4,6-9,12-14,29H,5,10-11H2,1-2H3,(H3,27,28,31)(H,30,35,36). The summed E-state index contributed by atoms with van der Waals surface area (Å²) in [5, 5.41) is 19.5. The molecule has 0 aliphatic carbocycles. The average Bonchev–Trinajstić information content (AvgIpc) is 3.53. The van der Waals surface area contributed by atoms with Crippen LogP contribution in [0.25, 0.3) is 33.0 Å². The Labute approximate surface area is 216 Å². The Hall–Kier alpha value is -5.13. The number of guanidine groups is 1. The minimum atomic E-state index is -0.857. The van der Waals surface area contributed by atoms with Gasteiger partial charge >= 0.3 is 0 Å². The van der Waals surface area contributed by atoms with Gasteiger partial charge in [-0.3, -0.25) is 14.9 Å². The number of para-hydroxylation sites is 1. The van der Waals surface area contributed by atoms with E-state index in [2.05, 4.69) is 20.7 Å². The van der Waals surface area contributed by atoms with E-state index in [1.165, 1.54) is 0 Å². The highest BCUT2D eigenvalue weighted by molar-refractivity contribution is 6.50. The maximum atomic E-state index is 13.2. The number of hydrogen-bond acceptors (Lipinski definition) is 5. The van der Waals surface area contributed by atoms with Crippen LogP contribution in [0.2, 0.25) is 0 Å². The van der Waals surface area contributed by atoms with E-state index in [0.29, 0.717) is 41.8 Å². The number of fused-ring (bicyclic) bond motifs is 2. The summed E-state index contributed by atoms with van der Waals surface area (Å²) in [5.74, 6) is -1.15. The topological polar surface area (TPSA) is 164 Å². The summed E-state index contributed by atoms with van der Waals surface area (Å²) < 4.78 is 2.01. The average molecular weight is 515 g/mol. The van der Waals surface area contributed by atoms with Crippen LogP contribution >= 0.6 is 0 Å². The van der Waals surface area contributed by atoms with Crippen molar-refractivity contribution in [2.24, 2.45) is 10.8 Å². The number of nitrogens with one attached hydrogen (secondary N) is 3. The van der Waals surface area contributed by atoms with E-state index in [9.17, 15) is 19.7 Å². The van der Waals surface area contributed by atoms with Crippen molar-refractivity contribution in [3.05, 3.63) is 76.1 Å². The molecule has 0 fully saturated rings. The van der Waals surface area contributed by atoms with Crippen molar-refractivity contribution < 1.29 is 14.6 Å². The van der Waals surface area contributed by atoms with Gasteiger partial charge in [-0.1, -0.05) is 24.3 Å². The van der Waals surface area contributed by atoms with E-state index >= 15 is 0 Å². The third-order valence-electron chi connectivity index (χ3n) is 6.51. The Balaban J connectivity index is 1.60. The van der Waals surface area contributed by atoms with Gasteiger partial charge in [0.1, 0.15) is 5.10 Å². The lowest BCUT2D eigenvalue weighted by Gasteiger charge is -2.13. The minimum absolute atomic E-state index is 0.266. The van der Waals surface area contributed by atoms with Crippen LogP contribution in [0.5, 0.6) is 0 Å². The number of nitro groups is 1. The first kappa shape index (κ1) is 24.6. The van der Waals surface area contributed by atoms with Crippen LogP contribution in [0, 0.1) is 10.1 Å². The van der Waals surface area contributed by atoms with Crippen molar-refractivity contribution in [3.63, 3.8) is 0 Å². The van der Waals surface area contributed by atoms with Crippen molar-refractivity contribution in [3.8, 4) is 0 Å². The molecule has 0 saturated carbocycles. The fourth-order valence-electron chi connectivity index (χ4n) is 4.78. The number of rotatable bonds is 8. The highest BCUT2D eigenvalue weighted by Crippen LogP contribution is 2.39. The van der Waals surface area contributed by atoms with Crippen molar-refractivity contribution in [2.45, 2.75) is 13.0 Å². The molecule has 1 aliphatic rings. The van der Waals surface area contributed by atoms with Crippen LogP contribution in [-0.2, 0) is 16.1 Å². The summed E-state index contributed by atoms with van der Waals surface area (Å²) in [5.41, 5.74) is 10.2. The predicted molar refractivity (Wildman–Crippen MR) is 146 cm³/mol. The number of amides is 2. The molecule has 5 rings (SSSR count). The molecule has 1 aliphatic heterocycles. The number of hydrogen-bond donors (Lipinski definition) is 4. The molecule has 0 unspecified atom stereocenters. The maximum absolute atomic E-state index is 13.2. The van der Waals surface area contributed by atoms with Gasteiger partial charge in [-0.25, -0.2) is 10.1 Å². The third-order valence-corrected chi connectivity index (χ3v) is 6.51. The normalized spacial score (nSPS) is 14.0. The van der Waals surface area contributed by atoms with E-state index in [4.69, 9.17) is 5.73 Å². The van der Waals surface area contributed by atoms with Crippen molar-refractivity contribution in [1.82, 2.24) is 20.2 Å². The van der Waals surface area contributed by atoms with Gasteiger partial charge in [0.2, 0.25) is 0 Å². The van der Waals surface area contributed by atoms with Gasteiger partial charge in [0.05, 0.1) is 16.7 Å². The highest BCUT2D eigenvalue weighted by atomic mass is 16.7. The molecule has 0 spiro atoms. The van der Waals surface area contributed by atoms with Gasteiger partial charge in [0.25, 0.3) is 17.8 Å². The molecule has 2 aromatic heterocycles. The number of aromatic amines is 1. The molecule has 0 atom stereocenters. The number of aromatic nitrogens is 2. The first-order valence-electron chi connectivity index (χ1n) is 11.9. The Morgan fingerprint density at radius 1 is 1.11 bits per heavy atom. The number of anilines is 1. The maximum Gasteiger partial charge on any atom is 0.266 e. The lowest BCUT2D eigenvalue weighted by molar-refractivity contribution is -0.485. The number of carbonyl (C=O) groups excluding carboxylic acids is 2. The van der Waals surface area contributed by atoms with E-state index in [1.807, 2.05) is 72.2 Å². The second-order valence-electron chi connectivity index (χ2n) is 9.12. The molecule has 5 N–H and O–H groups in total. The molecule has 3 heterocycles. The number of benzene rings is 2. The van der Waals surface area contributed by atoms with Crippen molar-refractivity contribution in [2.75, 3.05) is 25.5 Å². The SMILES string of the molecule is CN(C)c1ccc2c(C3=C(c4c[nH]c5ccccc45)C(=O)NC3=O)cn(CCCNC(N)=N[N+](=O)[O-])c2c1. The molecule has 12 heteroatoms. The van der Waals surface area contributed by atoms with Crippen LogP contribution < -0.4 is 21.3 Å². The molecule has 2 aromatic carbocycles. The Bertz CT molecular complexity index is 1660. The first-order valence-corrected chi connectivity index (χ1v) is 11.9. The smallest absolute Gasteiger partial charge is 0.266 e. The largest absolute Gasteiger partial charge is 0.378 e. The van der Waals surface area contributed by atoms with Gasteiger partial charge in [-0.05, 0) is 24.6 Å². The van der Waals surface area contributed by atoms with E-state index in [0.717, 1.165) is 27.5 Å². The number of nitrogens with zero attached hydrogens (tertiary/aromatic N) is 4. The van der Waals surface area contributed by atoms with Crippen LogP contribution in [0.3, 0.4) is 0 Å². The van der Waals surface area contributed by atoms with E-state index in [1.54, 1.807) is 6.20 Å². The Morgan fingerprint density at radius 3 is 2.58 bits per heavy atom. The second kappa shape index (κ2) is 9.73. The second-order valence-corrected chi connectivity index (χ2v) is 9.12. The van der Waals surface area contributed by atoms with Gasteiger partial charge in [0.15, 0.2) is 5.03 Å². The Kier molecular flexibility index (Phi) is 6.29. The Morgan fingerprint density at radius 2 is 1.84 bits per heavy atom. The fourth-order valence-corrected chi connectivity index (χ4v) is 4.78. The predicted octanol–water partition coefficient (Wildman–Crippen LogP) is 2.24. The molecular formula is C26H26N8O4. The lowest BCUT2D eigenvalue weighted by atomic mass is 9.95. The summed E-state index contributed by atoms with van der Waals surface area (Å²) >= 11 is 0. The van der Waals surface area contributed by atoms with Gasteiger partial charge in [-0.2, -0.15) is 0 Å². The molecule has 0 saturated heterocycles. The quantitative estimate of drug-likeness (QED) is 0.0699. The van der Waals surface area contributed by atoms with Crippen molar-refractivity contribution in [1.29, 1.82) is 0 Å². The zero-order valence-electron chi connectivity index (χ0n) is 20.8.